The molecule has 0 aliphatic carbocycles. The third-order valence-corrected chi connectivity index (χ3v) is 5.70. The second kappa shape index (κ2) is 6.21. The van der Waals surface area contributed by atoms with Crippen LogP contribution in [0.5, 0.6) is 0 Å². The van der Waals surface area contributed by atoms with Crippen molar-refractivity contribution < 1.29 is 4.79 Å². The molecule has 0 radical (unpaired) electrons. The van der Waals surface area contributed by atoms with Gasteiger partial charge in [0.2, 0.25) is 5.91 Å². The molecule has 1 aliphatic rings. The summed E-state index contributed by atoms with van der Waals surface area (Å²) >= 11 is 5.18. The Morgan fingerprint density at radius 1 is 1.26 bits per heavy atom. The van der Waals surface area contributed by atoms with E-state index in [9.17, 15) is 4.79 Å². The van der Waals surface area contributed by atoms with E-state index < -0.39 is 5.41 Å². The Morgan fingerprint density at radius 2 is 1.79 bits per heavy atom. The van der Waals surface area contributed by atoms with Crippen LogP contribution in [-0.2, 0) is 4.79 Å². The molecular formula is C15H28N2OS. The SMILES string of the molecule is CCC1(CC)CCN(C(=O)C(CC)(CC)C(N)=S)C1. The number of likely N-dealkylation sites (tertiary alicyclic amines) is 1. The van der Waals surface area contributed by atoms with Gasteiger partial charge in [-0.05, 0) is 37.5 Å². The Bertz CT molecular complexity index is 346. The van der Waals surface area contributed by atoms with Crippen molar-refractivity contribution in [2.24, 2.45) is 16.6 Å². The molecule has 1 fully saturated rings. The van der Waals surface area contributed by atoms with Crippen LogP contribution in [0.25, 0.3) is 0 Å². The summed E-state index contributed by atoms with van der Waals surface area (Å²) < 4.78 is 0. The third-order valence-electron chi connectivity index (χ3n) is 5.31. The molecule has 1 amide bonds. The van der Waals surface area contributed by atoms with Crippen molar-refractivity contribution in [3.8, 4) is 0 Å². The van der Waals surface area contributed by atoms with Crippen LogP contribution in [0, 0.1) is 10.8 Å². The van der Waals surface area contributed by atoms with Crippen LogP contribution >= 0.6 is 12.2 Å². The zero-order valence-electron chi connectivity index (χ0n) is 12.8. The summed E-state index contributed by atoms with van der Waals surface area (Å²) in [5.41, 5.74) is 5.55. The molecule has 1 aliphatic heterocycles. The Labute approximate surface area is 122 Å². The monoisotopic (exact) mass is 284 g/mol. The molecule has 2 N–H and O–H groups in total. The molecule has 110 valence electrons. The second-order valence-electron chi connectivity index (χ2n) is 5.84. The Balaban J connectivity index is 2.93. The second-order valence-corrected chi connectivity index (χ2v) is 6.28. The number of thiocarbonyl (C=S) groups is 1. The van der Waals surface area contributed by atoms with Crippen molar-refractivity contribution in [1.82, 2.24) is 4.90 Å². The van der Waals surface area contributed by atoms with Crippen molar-refractivity contribution in [2.45, 2.75) is 59.8 Å². The highest BCUT2D eigenvalue weighted by Gasteiger charge is 2.45. The normalized spacial score (nSPS) is 18.6. The maximum absolute atomic E-state index is 12.8. The van der Waals surface area contributed by atoms with E-state index in [-0.39, 0.29) is 5.91 Å². The predicted octanol–water partition coefficient (Wildman–Crippen LogP) is 3.12. The summed E-state index contributed by atoms with van der Waals surface area (Å²) in [5.74, 6) is 0.147. The maximum atomic E-state index is 12.8. The Morgan fingerprint density at radius 3 is 2.11 bits per heavy atom. The van der Waals surface area contributed by atoms with Gasteiger partial charge in [0.25, 0.3) is 0 Å². The first-order chi connectivity index (χ1) is 8.91. The van der Waals surface area contributed by atoms with Gasteiger partial charge in [-0.2, -0.15) is 0 Å². The van der Waals surface area contributed by atoms with E-state index in [1.807, 2.05) is 18.7 Å². The highest BCUT2D eigenvalue weighted by atomic mass is 32.1. The van der Waals surface area contributed by atoms with Gasteiger partial charge < -0.3 is 10.6 Å². The fourth-order valence-corrected chi connectivity index (χ4v) is 3.62. The van der Waals surface area contributed by atoms with Crippen molar-refractivity contribution >= 4 is 23.1 Å². The number of amides is 1. The van der Waals surface area contributed by atoms with E-state index in [4.69, 9.17) is 18.0 Å². The highest BCUT2D eigenvalue weighted by molar-refractivity contribution is 7.80. The van der Waals surface area contributed by atoms with Crippen LogP contribution < -0.4 is 5.73 Å². The van der Waals surface area contributed by atoms with Crippen LogP contribution in [0.15, 0.2) is 0 Å². The van der Waals surface area contributed by atoms with Crippen LogP contribution in [0.3, 0.4) is 0 Å². The molecule has 1 saturated heterocycles. The molecule has 0 aromatic heterocycles. The van der Waals surface area contributed by atoms with E-state index in [2.05, 4.69) is 13.8 Å². The number of hydrogen-bond acceptors (Lipinski definition) is 2. The lowest BCUT2D eigenvalue weighted by atomic mass is 9.80. The largest absolute Gasteiger partial charge is 0.392 e. The fourth-order valence-electron chi connectivity index (χ4n) is 3.24. The molecule has 1 heterocycles. The Kier molecular flexibility index (Phi) is 5.36. The summed E-state index contributed by atoms with van der Waals surface area (Å²) in [7, 11) is 0. The molecule has 0 atom stereocenters. The zero-order chi connectivity index (χ0) is 14.7. The van der Waals surface area contributed by atoms with Gasteiger partial charge in [-0.25, -0.2) is 0 Å². The molecule has 0 aromatic carbocycles. The molecule has 4 heteroatoms. The quantitative estimate of drug-likeness (QED) is 0.762. The van der Waals surface area contributed by atoms with Crippen LogP contribution in [0.2, 0.25) is 0 Å². The van der Waals surface area contributed by atoms with E-state index in [0.29, 0.717) is 23.2 Å². The Hall–Kier alpha value is -0.640. The van der Waals surface area contributed by atoms with E-state index >= 15 is 0 Å². The van der Waals surface area contributed by atoms with Crippen molar-refractivity contribution in [1.29, 1.82) is 0 Å². The van der Waals surface area contributed by atoms with Gasteiger partial charge in [-0.1, -0.05) is 39.9 Å². The van der Waals surface area contributed by atoms with E-state index in [0.717, 1.165) is 32.4 Å². The molecule has 0 aromatic rings. The van der Waals surface area contributed by atoms with Gasteiger partial charge in [-0.3, -0.25) is 4.79 Å². The van der Waals surface area contributed by atoms with Gasteiger partial charge >= 0.3 is 0 Å². The highest BCUT2D eigenvalue weighted by Crippen LogP contribution is 2.40. The van der Waals surface area contributed by atoms with Crippen LogP contribution in [-0.4, -0.2) is 28.9 Å². The first kappa shape index (κ1) is 16.4. The van der Waals surface area contributed by atoms with E-state index in [1.54, 1.807) is 0 Å². The first-order valence-electron chi connectivity index (χ1n) is 7.50. The average molecular weight is 284 g/mol. The smallest absolute Gasteiger partial charge is 0.235 e. The molecule has 1 rings (SSSR count). The summed E-state index contributed by atoms with van der Waals surface area (Å²) in [6, 6.07) is 0. The summed E-state index contributed by atoms with van der Waals surface area (Å²) in [6.07, 6.45) is 4.75. The molecule has 3 nitrogen and oxygen atoms in total. The zero-order valence-corrected chi connectivity index (χ0v) is 13.6. The predicted molar refractivity (Wildman–Crippen MR) is 84.0 cm³/mol. The van der Waals surface area contributed by atoms with Gasteiger partial charge in [0, 0.05) is 13.1 Å². The van der Waals surface area contributed by atoms with Crippen molar-refractivity contribution in [3.05, 3.63) is 0 Å². The number of rotatable bonds is 6. The first-order valence-corrected chi connectivity index (χ1v) is 7.91. The molecule has 0 spiro atoms. The minimum absolute atomic E-state index is 0.147. The molecule has 19 heavy (non-hydrogen) atoms. The number of nitrogens with two attached hydrogens (primary N) is 1. The number of carbonyl (C=O) groups is 1. The van der Waals surface area contributed by atoms with Crippen molar-refractivity contribution in [3.63, 3.8) is 0 Å². The third kappa shape index (κ3) is 2.78. The molecule has 0 saturated carbocycles. The van der Waals surface area contributed by atoms with Gasteiger partial charge in [-0.15, -0.1) is 0 Å². The minimum Gasteiger partial charge on any atom is -0.392 e. The number of hydrogen-bond donors (Lipinski definition) is 1. The summed E-state index contributed by atoms with van der Waals surface area (Å²) in [4.78, 5) is 15.2. The van der Waals surface area contributed by atoms with Gasteiger partial charge in [0.15, 0.2) is 0 Å². The fraction of sp³-hybridized carbons (Fsp3) is 0.867. The van der Waals surface area contributed by atoms with Crippen molar-refractivity contribution in [2.75, 3.05) is 13.1 Å². The van der Waals surface area contributed by atoms with Crippen LogP contribution in [0.1, 0.15) is 59.8 Å². The van der Waals surface area contributed by atoms with Gasteiger partial charge in [0.05, 0.1) is 10.4 Å². The lowest BCUT2D eigenvalue weighted by molar-refractivity contribution is -0.138. The standard InChI is InChI=1S/C15H28N2OS/c1-5-14(6-2)9-10-17(11-14)13(18)15(7-3,8-4)12(16)19/h5-11H2,1-4H3,(H2,16,19). The van der Waals surface area contributed by atoms with Gasteiger partial charge in [0.1, 0.15) is 0 Å². The van der Waals surface area contributed by atoms with E-state index in [1.165, 1.54) is 0 Å². The lowest BCUT2D eigenvalue weighted by Gasteiger charge is -2.34. The topological polar surface area (TPSA) is 46.3 Å². The summed E-state index contributed by atoms with van der Waals surface area (Å²) in [6.45, 7) is 10.2. The molecular weight excluding hydrogens is 256 g/mol. The maximum Gasteiger partial charge on any atom is 0.235 e. The minimum atomic E-state index is -0.632. The summed E-state index contributed by atoms with van der Waals surface area (Å²) in [5, 5.41) is 0. The number of nitrogens with zero attached hydrogens (tertiary/aromatic N) is 1. The molecule has 0 unspecified atom stereocenters. The molecule has 0 bridgehead atoms. The van der Waals surface area contributed by atoms with Crippen LogP contribution in [0.4, 0.5) is 0 Å². The average Bonchev–Trinajstić information content (AvgIpc) is 2.85. The number of carbonyl (C=O) groups excluding carboxylic acids is 1. The lowest BCUT2D eigenvalue weighted by Crippen LogP contribution is -2.49.